The quantitative estimate of drug-likeness (QED) is 0.316. The number of piperazine rings is 1. The highest BCUT2D eigenvalue weighted by molar-refractivity contribution is 5.69. The van der Waals surface area contributed by atoms with E-state index in [1.807, 2.05) is 4.90 Å². The third-order valence-electron chi connectivity index (χ3n) is 18.7. The van der Waals surface area contributed by atoms with E-state index in [1.165, 1.54) is 32.4 Å². The molecule has 4 heterocycles. The van der Waals surface area contributed by atoms with Crippen LogP contribution in [0.25, 0.3) is 0 Å². The number of carbonyl (C=O) groups is 2. The summed E-state index contributed by atoms with van der Waals surface area (Å²) in [7, 11) is 0. The first-order chi connectivity index (χ1) is 25.7. The number of aliphatic hydroxyl groups is 1. The Kier molecular flexibility index (Phi) is 9.27. The van der Waals surface area contributed by atoms with Gasteiger partial charge in [0.05, 0.1) is 18.3 Å². The molecule has 0 aromatic carbocycles. The van der Waals surface area contributed by atoms with Crippen LogP contribution >= 0.6 is 0 Å². The molecular weight excluding hydrogens is 681 g/mol. The van der Waals surface area contributed by atoms with E-state index in [2.05, 4.69) is 58.3 Å². The highest BCUT2D eigenvalue weighted by atomic mass is 16.6. The van der Waals surface area contributed by atoms with Crippen LogP contribution in [0.5, 0.6) is 0 Å². The molecule has 13 atom stereocenters. The zero-order valence-electron chi connectivity index (χ0n) is 34.7. The van der Waals surface area contributed by atoms with Gasteiger partial charge >= 0.3 is 12.2 Å². The molecule has 1 N–H and O–H groups in total. The lowest BCUT2D eigenvalue weighted by Gasteiger charge is -2.63. The number of carbonyl (C=O) groups excluding carboxylic acids is 2. The van der Waals surface area contributed by atoms with Crippen LogP contribution in [-0.2, 0) is 14.2 Å². The summed E-state index contributed by atoms with van der Waals surface area (Å²) in [4.78, 5) is 35.4. The molecule has 5 saturated carbocycles. The average molecular weight is 753 g/mol. The Labute approximate surface area is 325 Å². The third kappa shape index (κ3) is 5.36. The highest BCUT2D eigenvalue weighted by Crippen LogP contribution is 2.89. The molecule has 0 bridgehead atoms. The predicted molar refractivity (Wildman–Crippen MR) is 207 cm³/mol. The van der Waals surface area contributed by atoms with Crippen LogP contribution in [-0.4, -0.2) is 133 Å². The van der Waals surface area contributed by atoms with Gasteiger partial charge in [-0.2, -0.15) is 0 Å². The SMILES string of the molecule is CC(C)[C@@H](OC(=O)N1CCC1)C1C[C@@H](C)[C@H]2C(O1)[C@H](O)[C@@]1(C)C3CC[C@H]4C(C)(C)[C@@H](OC(=O)N5CCN(CCN6CCC6)CC5)CC[C@@]45CC35CC[C@]21C. The Bertz CT molecular complexity index is 1460. The maximum Gasteiger partial charge on any atom is 0.410 e. The number of likely N-dealkylation sites (tertiary alicyclic amines) is 2. The number of aliphatic hydroxyl groups excluding tert-OH is 1. The van der Waals surface area contributed by atoms with Crippen molar-refractivity contribution in [1.29, 1.82) is 0 Å². The molecule has 2 amide bonds. The fraction of sp³-hybridized carbons (Fsp3) is 0.955. The van der Waals surface area contributed by atoms with E-state index in [-0.39, 0.29) is 75.5 Å². The first-order valence-corrected chi connectivity index (χ1v) is 22.4. The highest BCUT2D eigenvalue weighted by Gasteiger charge is 2.85. The Morgan fingerprint density at radius 2 is 1.43 bits per heavy atom. The van der Waals surface area contributed by atoms with Crippen molar-refractivity contribution in [3.8, 4) is 0 Å². The van der Waals surface area contributed by atoms with E-state index in [9.17, 15) is 14.7 Å². The Balaban J connectivity index is 0.880. The minimum absolute atomic E-state index is 0.0171. The second-order valence-electron chi connectivity index (χ2n) is 21.4. The zero-order chi connectivity index (χ0) is 38.0. The van der Waals surface area contributed by atoms with Gasteiger partial charge in [0, 0.05) is 63.2 Å². The summed E-state index contributed by atoms with van der Waals surface area (Å²) in [6.07, 6.45) is 9.50. The molecule has 10 nitrogen and oxygen atoms in total. The lowest BCUT2D eigenvalue weighted by Crippen LogP contribution is -2.60. The van der Waals surface area contributed by atoms with Gasteiger partial charge in [-0.25, -0.2) is 9.59 Å². The van der Waals surface area contributed by atoms with Crippen LogP contribution in [0, 0.1) is 56.7 Å². The van der Waals surface area contributed by atoms with Crippen molar-refractivity contribution in [2.24, 2.45) is 56.7 Å². The van der Waals surface area contributed by atoms with Crippen LogP contribution in [0.1, 0.15) is 113 Å². The van der Waals surface area contributed by atoms with E-state index in [4.69, 9.17) is 14.2 Å². The van der Waals surface area contributed by atoms with Crippen molar-refractivity contribution in [2.75, 3.05) is 65.4 Å². The maximum atomic E-state index is 13.7. The van der Waals surface area contributed by atoms with Crippen LogP contribution < -0.4 is 0 Å². The number of hydrogen-bond acceptors (Lipinski definition) is 8. The maximum absolute atomic E-state index is 13.7. The molecular formula is C44H72N4O6. The number of rotatable bonds is 7. The lowest BCUT2D eigenvalue weighted by atomic mass is 9.41. The van der Waals surface area contributed by atoms with Gasteiger partial charge in [0.15, 0.2) is 0 Å². The zero-order valence-corrected chi connectivity index (χ0v) is 34.7. The van der Waals surface area contributed by atoms with Crippen molar-refractivity contribution in [3.63, 3.8) is 0 Å². The van der Waals surface area contributed by atoms with Gasteiger partial charge in [-0.1, -0.05) is 48.5 Å². The molecule has 54 heavy (non-hydrogen) atoms. The van der Waals surface area contributed by atoms with Crippen molar-refractivity contribution in [1.82, 2.24) is 19.6 Å². The molecule has 4 saturated heterocycles. The van der Waals surface area contributed by atoms with Gasteiger partial charge in [0.2, 0.25) is 0 Å². The first kappa shape index (κ1) is 37.9. The number of amides is 2. The van der Waals surface area contributed by atoms with Gasteiger partial charge < -0.3 is 34.0 Å². The van der Waals surface area contributed by atoms with Gasteiger partial charge in [0.1, 0.15) is 12.2 Å². The number of fused-ring (bicyclic) bond motifs is 4. The fourth-order valence-electron chi connectivity index (χ4n) is 15.3. The van der Waals surface area contributed by atoms with Crippen molar-refractivity contribution in [2.45, 2.75) is 143 Å². The molecule has 304 valence electrons. The largest absolute Gasteiger partial charge is 0.446 e. The average Bonchev–Trinajstić information content (AvgIpc) is 3.71. The summed E-state index contributed by atoms with van der Waals surface area (Å²) in [5, 5.41) is 12.7. The van der Waals surface area contributed by atoms with Gasteiger partial charge in [-0.15, -0.1) is 0 Å². The van der Waals surface area contributed by atoms with Crippen LogP contribution in [0.2, 0.25) is 0 Å². The fourth-order valence-corrected chi connectivity index (χ4v) is 15.3. The molecule has 9 aliphatic rings. The number of ether oxygens (including phenoxy) is 3. The van der Waals surface area contributed by atoms with E-state index in [1.54, 1.807) is 4.90 Å². The molecule has 4 unspecified atom stereocenters. The smallest absolute Gasteiger partial charge is 0.410 e. The molecule has 4 aliphatic heterocycles. The van der Waals surface area contributed by atoms with Gasteiger partial charge in [-0.05, 0) is 123 Å². The third-order valence-corrected chi connectivity index (χ3v) is 18.7. The van der Waals surface area contributed by atoms with E-state index < -0.39 is 6.10 Å². The predicted octanol–water partition coefficient (Wildman–Crippen LogP) is 6.50. The van der Waals surface area contributed by atoms with E-state index in [0.717, 1.165) is 97.3 Å². The monoisotopic (exact) mass is 753 g/mol. The normalized spacial score (nSPS) is 47.2. The summed E-state index contributed by atoms with van der Waals surface area (Å²) in [5.74, 6) is 1.76. The molecule has 0 aromatic rings. The summed E-state index contributed by atoms with van der Waals surface area (Å²) in [6, 6.07) is 0. The Morgan fingerprint density at radius 3 is 2.06 bits per heavy atom. The minimum Gasteiger partial charge on any atom is -0.446 e. The lowest BCUT2D eigenvalue weighted by molar-refractivity contribution is -0.185. The second-order valence-corrected chi connectivity index (χ2v) is 21.4. The first-order valence-electron chi connectivity index (χ1n) is 22.4. The van der Waals surface area contributed by atoms with Crippen molar-refractivity contribution in [3.05, 3.63) is 0 Å². The second kappa shape index (κ2) is 13.2. The molecule has 2 spiro atoms. The number of hydrogen-bond donors (Lipinski definition) is 1. The topological polar surface area (TPSA) is 95.0 Å². The molecule has 0 radical (unpaired) electrons. The minimum atomic E-state index is -0.547. The standard InChI is InChI=1S/C44H72N4O6/c1-28(2)35(54-39(51)47-18-9-19-47)30-26-29(3)34-36(52-30)37(49)42(7)32-11-10-31-40(4,5)33(12-13-43(31)27-44(32,43)15-14-41(34,42)6)53-38(50)48-24-22-46(23-25-48)21-20-45-16-8-17-45/h28-37,49H,8-27H2,1-7H3/t29-,30?,31+,32?,33+,34+,35-,36?,37+,41-,42-,43-,44?/m1/s1. The van der Waals surface area contributed by atoms with Crippen LogP contribution in [0.4, 0.5) is 9.59 Å². The summed E-state index contributed by atoms with van der Waals surface area (Å²) < 4.78 is 19.8. The molecule has 9 fully saturated rings. The van der Waals surface area contributed by atoms with Crippen LogP contribution in [0.3, 0.4) is 0 Å². The summed E-state index contributed by atoms with van der Waals surface area (Å²) in [6.45, 7) is 26.1. The molecule has 5 aliphatic carbocycles. The van der Waals surface area contributed by atoms with Crippen LogP contribution in [0.15, 0.2) is 0 Å². The Hall–Kier alpha value is -1.62. The van der Waals surface area contributed by atoms with Crippen molar-refractivity contribution >= 4 is 12.2 Å². The molecule has 9 rings (SSSR count). The van der Waals surface area contributed by atoms with Gasteiger partial charge in [0.25, 0.3) is 0 Å². The molecule has 10 heteroatoms. The Morgan fingerprint density at radius 1 is 0.796 bits per heavy atom. The van der Waals surface area contributed by atoms with Crippen molar-refractivity contribution < 1.29 is 28.9 Å². The van der Waals surface area contributed by atoms with E-state index >= 15 is 0 Å². The van der Waals surface area contributed by atoms with E-state index in [0.29, 0.717) is 17.8 Å². The molecule has 0 aromatic heterocycles. The summed E-state index contributed by atoms with van der Waals surface area (Å²) in [5.41, 5.74) is 0.162. The van der Waals surface area contributed by atoms with Gasteiger partial charge in [-0.3, -0.25) is 4.90 Å². The number of nitrogens with zero attached hydrogens (tertiary/aromatic N) is 4. The summed E-state index contributed by atoms with van der Waals surface area (Å²) >= 11 is 0.